The van der Waals surface area contributed by atoms with Gasteiger partial charge in [-0.25, -0.2) is 25.7 Å². The number of halogens is 2. The Morgan fingerprint density at radius 3 is 1.85 bits per heavy atom. The van der Waals surface area contributed by atoms with Crippen LogP contribution in [0, 0.1) is 26.3 Å². The Morgan fingerprint density at radius 2 is 1.50 bits per heavy atom. The fourth-order valence-electron chi connectivity index (χ4n) is 1.27. The molecule has 0 saturated heterocycles. The molecule has 0 aliphatic rings. The van der Waals surface area contributed by atoms with Crippen LogP contribution in [0.5, 0.6) is 0 Å². The first-order valence-electron chi connectivity index (χ1n) is 7.66. The summed E-state index contributed by atoms with van der Waals surface area (Å²) in [6, 6.07) is 3.87. The molecule has 0 N–H and O–H groups in total. The monoisotopic (exact) mass is 414 g/mol. The van der Waals surface area contributed by atoms with Crippen LogP contribution >= 0.6 is 17.0 Å². The van der Waals surface area contributed by atoms with Gasteiger partial charge in [0.1, 0.15) is 0 Å². The van der Waals surface area contributed by atoms with Crippen molar-refractivity contribution in [3.05, 3.63) is 26.3 Å². The van der Waals surface area contributed by atoms with Crippen LogP contribution in [0.15, 0.2) is 0 Å². The Balaban J connectivity index is -0.000000243. The van der Waals surface area contributed by atoms with Crippen molar-refractivity contribution in [1.82, 2.24) is 0 Å². The predicted octanol–water partition coefficient (Wildman–Crippen LogP) is 7.44. The standard InChI is InChI=1S/C8H18Si.C8H16.2ClH.Zr/c1-5-7-8-9(3,4)6-2;1-3-5-7-8-6-4-2;;;/h8H,1,5-7H2,2-4H3;7H,1,3-6,8H2,2H3;2*1H;/q2*-2;;;+2/p-2. The molecule has 0 aromatic rings. The molecule has 0 aliphatic carbocycles. The second kappa shape index (κ2) is 23.0. The van der Waals surface area contributed by atoms with Gasteiger partial charge in [0.15, 0.2) is 0 Å². The molecule has 0 heterocycles. The molecule has 124 valence electrons. The van der Waals surface area contributed by atoms with Crippen molar-refractivity contribution in [3.8, 4) is 0 Å². The van der Waals surface area contributed by atoms with Crippen molar-refractivity contribution in [3.63, 3.8) is 0 Å². The molecular weight excluding hydrogens is 382 g/mol. The summed E-state index contributed by atoms with van der Waals surface area (Å²) in [4.78, 5) is 0. The number of hydrogen-bond donors (Lipinski definition) is 0. The van der Waals surface area contributed by atoms with Gasteiger partial charge in [-0.05, 0) is 0 Å². The normalized spacial score (nSPS) is 10.0. The van der Waals surface area contributed by atoms with Gasteiger partial charge in [-0.3, -0.25) is 0 Å². The van der Waals surface area contributed by atoms with Gasteiger partial charge < -0.3 is 26.3 Å². The average molecular weight is 417 g/mol. The number of hydrogen-bond acceptors (Lipinski definition) is 0. The average Bonchev–Trinajstić information content (AvgIpc) is 2.43. The van der Waals surface area contributed by atoms with Gasteiger partial charge in [-0.15, -0.1) is 0 Å². The molecule has 0 atom stereocenters. The second-order valence-corrected chi connectivity index (χ2v) is 14.2. The molecule has 0 aromatic carbocycles. The fraction of sp³-hybridized carbons (Fsp3) is 0.750. The van der Waals surface area contributed by atoms with E-state index in [1.54, 1.807) is 0 Å². The van der Waals surface area contributed by atoms with E-state index in [9.17, 15) is 0 Å². The van der Waals surface area contributed by atoms with E-state index >= 15 is 0 Å². The van der Waals surface area contributed by atoms with E-state index in [1.807, 2.05) is 0 Å². The first-order valence-corrected chi connectivity index (χ1v) is 17.3. The van der Waals surface area contributed by atoms with Gasteiger partial charge in [0, 0.05) is 0 Å². The predicted molar refractivity (Wildman–Crippen MR) is 97.0 cm³/mol. The molecule has 20 heavy (non-hydrogen) atoms. The molecule has 0 amide bonds. The fourth-order valence-corrected chi connectivity index (χ4v) is 2.55. The molecule has 0 rings (SSSR count). The molecule has 0 spiro atoms. The Hall–Kier alpha value is 1.68. The van der Waals surface area contributed by atoms with E-state index in [4.69, 9.17) is 17.0 Å². The van der Waals surface area contributed by atoms with E-state index < -0.39 is 28.9 Å². The van der Waals surface area contributed by atoms with Crippen molar-refractivity contribution in [2.24, 2.45) is 0 Å². The summed E-state index contributed by atoms with van der Waals surface area (Å²) < 4.78 is 0. The Morgan fingerprint density at radius 1 is 1.00 bits per heavy atom. The van der Waals surface area contributed by atoms with Crippen molar-refractivity contribution < 1.29 is 20.8 Å². The first kappa shape index (κ1) is 26.6. The quantitative estimate of drug-likeness (QED) is 0.208. The number of unbranched alkanes of at least 4 members (excludes halogenated alkanes) is 6. The van der Waals surface area contributed by atoms with Crippen LogP contribution in [0.4, 0.5) is 0 Å². The van der Waals surface area contributed by atoms with E-state index in [0.29, 0.717) is 0 Å². The zero-order valence-corrected chi connectivity index (χ0v) is 19.0. The van der Waals surface area contributed by atoms with Crippen LogP contribution in [0.3, 0.4) is 0 Å². The van der Waals surface area contributed by atoms with Crippen molar-refractivity contribution in [2.75, 3.05) is 0 Å². The molecule has 4 heteroatoms. The minimum atomic E-state index is -0.863. The molecule has 0 aliphatic heterocycles. The topological polar surface area (TPSA) is 0 Å². The van der Waals surface area contributed by atoms with Crippen LogP contribution in [0.1, 0.15) is 58.8 Å². The van der Waals surface area contributed by atoms with Crippen LogP contribution < -0.4 is 0 Å². The molecule has 0 bridgehead atoms. The van der Waals surface area contributed by atoms with Crippen molar-refractivity contribution in [2.45, 2.75) is 77.9 Å². The van der Waals surface area contributed by atoms with Crippen LogP contribution in [0.25, 0.3) is 0 Å². The van der Waals surface area contributed by atoms with Gasteiger partial charge >= 0.3 is 37.9 Å². The van der Waals surface area contributed by atoms with E-state index in [1.165, 1.54) is 38.1 Å². The van der Waals surface area contributed by atoms with E-state index in [2.05, 4.69) is 53.3 Å². The molecular formula is C16H34Cl2SiZr-4. The SMILES string of the molecule is [CH2-]CC[CH-]CCCC.[CH2-]CC[CH-][Si](C)(C)CC.[Cl][Zr][Cl]. The molecule has 0 unspecified atom stereocenters. The second-order valence-electron chi connectivity index (χ2n) is 5.33. The molecule has 0 nitrogen and oxygen atoms in total. The summed E-state index contributed by atoms with van der Waals surface area (Å²) in [7, 11) is 9.00. The van der Waals surface area contributed by atoms with Gasteiger partial charge in [-0.1, -0.05) is 53.9 Å². The Bertz CT molecular complexity index is 149. The third kappa shape index (κ3) is 31.9. The Kier molecular flexibility index (Phi) is 30.5. The maximum absolute atomic E-state index is 4.93. The summed E-state index contributed by atoms with van der Waals surface area (Å²) >= 11 is -0.826. The minimum absolute atomic E-state index is 0.826. The summed E-state index contributed by atoms with van der Waals surface area (Å²) in [6.45, 7) is 16.9. The summed E-state index contributed by atoms with van der Waals surface area (Å²) in [5, 5.41) is 0. The summed E-state index contributed by atoms with van der Waals surface area (Å²) in [6.07, 6.45) is 10.8. The summed E-state index contributed by atoms with van der Waals surface area (Å²) in [5.74, 6) is 0. The van der Waals surface area contributed by atoms with Crippen molar-refractivity contribution in [1.29, 1.82) is 0 Å². The zero-order chi connectivity index (χ0) is 16.3. The van der Waals surface area contributed by atoms with Crippen LogP contribution in [-0.4, -0.2) is 8.07 Å². The molecule has 0 aromatic heterocycles. The maximum atomic E-state index is 4.93. The first-order chi connectivity index (χ1) is 9.45. The Labute approximate surface area is 149 Å². The number of rotatable bonds is 9. The van der Waals surface area contributed by atoms with E-state index in [0.717, 1.165) is 12.8 Å². The van der Waals surface area contributed by atoms with Crippen LogP contribution in [-0.2, 0) is 20.8 Å². The summed E-state index contributed by atoms with van der Waals surface area (Å²) in [5.41, 5.74) is 0. The van der Waals surface area contributed by atoms with Crippen molar-refractivity contribution >= 4 is 25.1 Å². The zero-order valence-electron chi connectivity index (χ0n) is 14.0. The third-order valence-electron chi connectivity index (χ3n) is 2.98. The van der Waals surface area contributed by atoms with Gasteiger partial charge in [-0.2, -0.15) is 6.42 Å². The third-order valence-corrected chi connectivity index (χ3v) is 6.20. The molecule has 0 fully saturated rings. The molecule has 0 saturated carbocycles. The van der Waals surface area contributed by atoms with E-state index in [-0.39, 0.29) is 0 Å². The van der Waals surface area contributed by atoms with Crippen LogP contribution in [0.2, 0.25) is 19.1 Å². The van der Waals surface area contributed by atoms with Gasteiger partial charge in [0.05, 0.1) is 0 Å². The van der Waals surface area contributed by atoms with Gasteiger partial charge in [0.2, 0.25) is 0 Å². The molecule has 0 radical (unpaired) electrons. The van der Waals surface area contributed by atoms with Gasteiger partial charge in [0.25, 0.3) is 0 Å².